The molecule has 1 atom stereocenters. The third kappa shape index (κ3) is 8.23. The molecule has 5 rings (SSSR count). The zero-order valence-electron chi connectivity index (χ0n) is 23.3. The number of hydrogen-bond donors (Lipinski definition) is 7. The fourth-order valence-corrected chi connectivity index (χ4v) is 3.70. The van der Waals surface area contributed by atoms with E-state index in [1.54, 1.807) is 60.7 Å². The Labute approximate surface area is 241 Å². The summed E-state index contributed by atoms with van der Waals surface area (Å²) in [6, 6.07) is 18.9. The SMILES string of the molecule is CC(C)(C)NC[C@H](O)c1ccc(O)c(CO)c1.O=C(Nc1ccc(-c2nn[nH]n2)cc1)c1ccc(-c2nn[nH]n2)cc1. The van der Waals surface area contributed by atoms with Crippen LogP contribution in [0.25, 0.3) is 22.8 Å². The van der Waals surface area contributed by atoms with Crippen LogP contribution in [-0.4, -0.2) is 74.6 Å². The van der Waals surface area contributed by atoms with Gasteiger partial charge in [-0.2, -0.15) is 10.4 Å². The number of aromatic amines is 2. The van der Waals surface area contributed by atoms with Crippen molar-refractivity contribution >= 4 is 11.6 Å². The van der Waals surface area contributed by atoms with Crippen molar-refractivity contribution in [2.75, 3.05) is 11.9 Å². The molecule has 0 spiro atoms. The maximum atomic E-state index is 12.3. The number of hydrogen-bond acceptors (Lipinski definition) is 11. The van der Waals surface area contributed by atoms with Crippen LogP contribution in [0.4, 0.5) is 5.69 Å². The molecule has 0 radical (unpaired) electrons. The van der Waals surface area contributed by atoms with Crippen LogP contribution in [0, 0.1) is 0 Å². The van der Waals surface area contributed by atoms with E-state index in [4.69, 9.17) is 5.11 Å². The largest absolute Gasteiger partial charge is 0.508 e. The number of aromatic nitrogens is 8. The monoisotopic (exact) mass is 572 g/mol. The molecule has 0 aliphatic carbocycles. The van der Waals surface area contributed by atoms with Gasteiger partial charge in [-0.25, -0.2) is 0 Å². The highest BCUT2D eigenvalue weighted by Gasteiger charge is 2.15. The predicted molar refractivity (Wildman–Crippen MR) is 154 cm³/mol. The summed E-state index contributed by atoms with van der Waals surface area (Å²) < 4.78 is 0. The Morgan fingerprint density at radius 2 is 1.45 bits per heavy atom. The van der Waals surface area contributed by atoms with Crippen molar-refractivity contribution in [2.45, 2.75) is 39.0 Å². The third-order valence-corrected chi connectivity index (χ3v) is 5.98. The average Bonchev–Trinajstić information content (AvgIpc) is 3.72. The molecule has 3 aromatic carbocycles. The molecule has 2 heterocycles. The summed E-state index contributed by atoms with van der Waals surface area (Å²) in [6.45, 7) is 6.26. The second kappa shape index (κ2) is 13.5. The van der Waals surface area contributed by atoms with Gasteiger partial charge in [0.05, 0.1) is 12.7 Å². The highest BCUT2D eigenvalue weighted by Crippen LogP contribution is 2.23. The second-order valence-corrected chi connectivity index (χ2v) is 10.3. The highest BCUT2D eigenvalue weighted by molar-refractivity contribution is 6.04. The van der Waals surface area contributed by atoms with E-state index in [9.17, 15) is 15.0 Å². The first-order chi connectivity index (χ1) is 20.1. The molecule has 5 aromatic rings. The van der Waals surface area contributed by atoms with Crippen molar-refractivity contribution in [3.63, 3.8) is 0 Å². The van der Waals surface area contributed by atoms with Crippen molar-refractivity contribution in [3.05, 3.63) is 83.4 Å². The van der Waals surface area contributed by atoms with E-state index in [1.807, 2.05) is 20.8 Å². The zero-order valence-corrected chi connectivity index (χ0v) is 23.3. The van der Waals surface area contributed by atoms with Gasteiger partial charge in [-0.3, -0.25) is 4.79 Å². The van der Waals surface area contributed by atoms with Gasteiger partial charge >= 0.3 is 0 Å². The van der Waals surface area contributed by atoms with Crippen LogP contribution in [0.15, 0.2) is 66.7 Å². The molecule has 0 bridgehead atoms. The molecule has 42 heavy (non-hydrogen) atoms. The molecular formula is C28H32N10O4. The van der Waals surface area contributed by atoms with Crippen molar-refractivity contribution in [3.8, 4) is 28.5 Å². The molecule has 1 amide bonds. The van der Waals surface area contributed by atoms with Gasteiger partial charge < -0.3 is 26.0 Å². The van der Waals surface area contributed by atoms with Crippen molar-refractivity contribution in [1.29, 1.82) is 0 Å². The van der Waals surface area contributed by atoms with Gasteiger partial charge in [-0.05, 0) is 85.3 Å². The molecule has 0 aliphatic heterocycles. The summed E-state index contributed by atoms with van der Waals surface area (Å²) in [4.78, 5) is 12.3. The first-order valence-corrected chi connectivity index (χ1v) is 13.0. The summed E-state index contributed by atoms with van der Waals surface area (Å²) in [5, 5.41) is 61.8. The number of H-pyrrole nitrogens is 2. The van der Waals surface area contributed by atoms with Crippen LogP contribution < -0.4 is 10.6 Å². The third-order valence-electron chi connectivity index (χ3n) is 5.98. The zero-order chi connectivity index (χ0) is 30.1. The molecule has 218 valence electrons. The lowest BCUT2D eigenvalue weighted by atomic mass is 10.0. The molecule has 7 N–H and O–H groups in total. The minimum atomic E-state index is -0.653. The Bertz CT molecular complexity index is 1550. The lowest BCUT2D eigenvalue weighted by Crippen LogP contribution is -2.38. The van der Waals surface area contributed by atoms with Gasteiger partial charge in [0.25, 0.3) is 5.91 Å². The Morgan fingerprint density at radius 1 is 0.881 bits per heavy atom. The summed E-state index contributed by atoms with van der Waals surface area (Å²) in [6.07, 6.45) is -0.653. The second-order valence-electron chi connectivity index (χ2n) is 10.3. The van der Waals surface area contributed by atoms with Crippen LogP contribution >= 0.6 is 0 Å². The topological polar surface area (TPSA) is 211 Å². The minimum absolute atomic E-state index is 0.0484. The fourth-order valence-electron chi connectivity index (χ4n) is 3.70. The summed E-state index contributed by atoms with van der Waals surface area (Å²) in [5.41, 5.74) is 3.82. The predicted octanol–water partition coefficient (Wildman–Crippen LogP) is 2.61. The lowest BCUT2D eigenvalue weighted by Gasteiger charge is -2.23. The van der Waals surface area contributed by atoms with E-state index in [1.165, 1.54) is 6.07 Å². The minimum Gasteiger partial charge on any atom is -0.508 e. The molecule has 0 saturated heterocycles. The number of nitrogens with zero attached hydrogens (tertiary/aromatic N) is 6. The van der Waals surface area contributed by atoms with Crippen molar-refractivity contribution < 1.29 is 20.1 Å². The van der Waals surface area contributed by atoms with E-state index in [2.05, 4.69) is 51.9 Å². The molecule has 0 fully saturated rings. The average molecular weight is 573 g/mol. The number of rotatable bonds is 8. The van der Waals surface area contributed by atoms with Gasteiger partial charge in [-0.1, -0.05) is 18.2 Å². The normalized spacial score (nSPS) is 11.8. The maximum Gasteiger partial charge on any atom is 0.255 e. The van der Waals surface area contributed by atoms with Gasteiger partial charge in [0.15, 0.2) is 0 Å². The summed E-state index contributed by atoms with van der Waals surface area (Å²) in [7, 11) is 0. The standard InChI is InChI=1S/C15H11N9O.C13H21NO3/c25-15(11-3-1-9(2-4-11)13-17-21-22-18-13)16-12-7-5-10(6-8-12)14-19-23-24-20-14;1-13(2,3)14-7-12(17)9-4-5-11(16)10(6-9)8-15/h1-8H,(H,16,25)(H,17,18,21,22)(H,19,20,23,24);4-6,12,14-17H,7-8H2,1-3H3/t;12-/m.0/s1. The van der Waals surface area contributed by atoms with Crippen molar-refractivity contribution in [2.24, 2.45) is 0 Å². The maximum absolute atomic E-state index is 12.3. The molecule has 2 aromatic heterocycles. The first-order valence-electron chi connectivity index (χ1n) is 13.0. The van der Waals surface area contributed by atoms with Crippen LogP contribution in [-0.2, 0) is 6.61 Å². The van der Waals surface area contributed by atoms with Crippen molar-refractivity contribution in [1.82, 2.24) is 46.6 Å². The number of anilines is 1. The number of amides is 1. The molecule has 14 heteroatoms. The fraction of sp³-hybridized carbons (Fsp3) is 0.250. The van der Waals surface area contributed by atoms with E-state index in [-0.39, 0.29) is 23.8 Å². The number of β-amino-alcohol motifs (C(OH)–C–C–N with tert-alkyl or cyclic N) is 1. The Balaban J connectivity index is 0.000000209. The smallest absolute Gasteiger partial charge is 0.255 e. The number of aliphatic hydroxyl groups excluding tert-OH is 2. The number of carbonyl (C=O) groups excluding carboxylic acids is 1. The molecule has 0 aliphatic rings. The quantitative estimate of drug-likeness (QED) is 0.144. The number of carbonyl (C=O) groups is 1. The molecule has 0 unspecified atom stereocenters. The van der Waals surface area contributed by atoms with E-state index in [0.29, 0.717) is 40.6 Å². The first kappa shape index (κ1) is 29.9. The number of aliphatic hydroxyl groups is 2. The molecule has 0 saturated carbocycles. The number of tetrazole rings is 2. The number of phenols is 1. The Morgan fingerprint density at radius 3 is 1.95 bits per heavy atom. The van der Waals surface area contributed by atoms with Crippen LogP contribution in [0.3, 0.4) is 0 Å². The van der Waals surface area contributed by atoms with E-state index in [0.717, 1.165) is 11.1 Å². The van der Waals surface area contributed by atoms with Crippen LogP contribution in [0.5, 0.6) is 5.75 Å². The summed E-state index contributed by atoms with van der Waals surface area (Å²) >= 11 is 0. The highest BCUT2D eigenvalue weighted by atomic mass is 16.3. The van der Waals surface area contributed by atoms with Crippen LogP contribution in [0.1, 0.15) is 48.4 Å². The number of nitrogens with one attached hydrogen (secondary N) is 4. The van der Waals surface area contributed by atoms with Gasteiger partial charge in [0, 0.05) is 40.0 Å². The number of aromatic hydroxyl groups is 1. The molecule has 14 nitrogen and oxygen atoms in total. The summed E-state index contributed by atoms with van der Waals surface area (Å²) in [5.74, 6) is 0.804. The van der Waals surface area contributed by atoms with Crippen LogP contribution in [0.2, 0.25) is 0 Å². The molecular weight excluding hydrogens is 540 g/mol. The van der Waals surface area contributed by atoms with Gasteiger partial charge in [0.1, 0.15) is 5.75 Å². The Kier molecular flexibility index (Phi) is 9.65. The number of benzene rings is 3. The van der Waals surface area contributed by atoms with Gasteiger partial charge in [0.2, 0.25) is 11.6 Å². The Hall–Kier alpha value is -5.05. The van der Waals surface area contributed by atoms with Gasteiger partial charge in [-0.15, -0.1) is 20.4 Å². The lowest BCUT2D eigenvalue weighted by molar-refractivity contribution is 0.102. The van der Waals surface area contributed by atoms with E-state index < -0.39 is 6.10 Å². The van der Waals surface area contributed by atoms with E-state index >= 15 is 0 Å².